The van der Waals surface area contributed by atoms with Crippen molar-refractivity contribution in [2.45, 2.75) is 64.3 Å². The van der Waals surface area contributed by atoms with Crippen LogP contribution < -0.4 is 4.90 Å². The number of aryl methyl sites for hydroxylation is 1. The van der Waals surface area contributed by atoms with Crippen molar-refractivity contribution in [1.29, 1.82) is 0 Å². The van der Waals surface area contributed by atoms with Crippen LogP contribution in [-0.2, 0) is 10.8 Å². The van der Waals surface area contributed by atoms with Crippen molar-refractivity contribution < 1.29 is 9.22 Å². The van der Waals surface area contributed by atoms with Gasteiger partial charge in [0.05, 0.1) is 16.7 Å². The first kappa shape index (κ1) is 21.2. The molecular weight excluding hydrogens is 384 g/mol. The van der Waals surface area contributed by atoms with E-state index in [0.29, 0.717) is 5.56 Å². The number of hydrogen-bond acceptors (Lipinski definition) is 5. The van der Waals surface area contributed by atoms with E-state index in [9.17, 15) is 4.79 Å². The molecule has 0 aliphatic heterocycles. The molecule has 1 unspecified atom stereocenters. The molecule has 0 amide bonds. The number of rotatable bonds is 5. The van der Waals surface area contributed by atoms with Gasteiger partial charge in [-0.2, -0.15) is 0 Å². The Kier molecular flexibility index (Phi) is 5.85. The molecule has 0 saturated heterocycles. The van der Waals surface area contributed by atoms with Crippen LogP contribution >= 0.6 is 11.3 Å². The number of anilines is 1. The van der Waals surface area contributed by atoms with Gasteiger partial charge in [0.2, 0.25) is 0 Å². The Bertz CT molecular complexity index is 868. The second-order valence-electron chi connectivity index (χ2n) is 9.37. The van der Waals surface area contributed by atoms with E-state index in [-0.39, 0.29) is 11.1 Å². The predicted molar refractivity (Wildman–Crippen MR) is 121 cm³/mol. The third-order valence-corrected chi connectivity index (χ3v) is 11.8. The highest BCUT2D eigenvalue weighted by Gasteiger charge is 2.41. The van der Waals surface area contributed by atoms with Crippen molar-refractivity contribution in [2.24, 2.45) is 0 Å². The van der Waals surface area contributed by atoms with E-state index in [0.717, 1.165) is 47.5 Å². The number of carbonyl (C=O) groups is 1. The van der Waals surface area contributed by atoms with Crippen molar-refractivity contribution in [2.75, 3.05) is 19.0 Å². The normalized spacial score (nSPS) is 17.3. The summed E-state index contributed by atoms with van der Waals surface area (Å²) in [4.78, 5) is 19.9. The van der Waals surface area contributed by atoms with E-state index in [1.54, 1.807) is 11.3 Å². The van der Waals surface area contributed by atoms with Crippen LogP contribution in [0.4, 0.5) is 5.69 Å². The minimum absolute atomic E-state index is 0.136. The number of thiazole rings is 1. The molecule has 1 heterocycles. The number of hydrogen-bond donors (Lipinski definition) is 0. The number of fused-ring (bicyclic) bond motifs is 1. The first-order valence-electron chi connectivity index (χ1n) is 9.98. The zero-order valence-corrected chi connectivity index (χ0v) is 19.9. The van der Waals surface area contributed by atoms with E-state index in [2.05, 4.69) is 33.9 Å². The van der Waals surface area contributed by atoms with E-state index in [1.807, 2.05) is 37.2 Å². The molecule has 0 N–H and O–H groups in total. The van der Waals surface area contributed by atoms with Gasteiger partial charge >= 0.3 is 0 Å². The lowest BCUT2D eigenvalue weighted by Gasteiger charge is -2.40. The van der Waals surface area contributed by atoms with Gasteiger partial charge in [-0.15, -0.1) is 11.3 Å². The fourth-order valence-electron chi connectivity index (χ4n) is 3.26. The molecule has 1 aliphatic rings. The molecule has 1 aromatic heterocycles. The van der Waals surface area contributed by atoms with Gasteiger partial charge in [-0.05, 0) is 55.6 Å². The monoisotopic (exact) mass is 416 g/mol. The Balaban J connectivity index is 1.97. The third-order valence-electron chi connectivity index (χ3n) is 6.05. The Morgan fingerprint density at radius 3 is 2.61 bits per heavy atom. The lowest BCUT2D eigenvalue weighted by molar-refractivity contribution is 0.112. The lowest BCUT2D eigenvalue weighted by atomic mass is 10.0. The SMILES string of the molecule is CN(C)c1ccc(-c2nc3c(s2)C(O[Si](C)(C)C(C)(C)C)CCC3)c(C=O)c1. The lowest BCUT2D eigenvalue weighted by Crippen LogP contribution is -2.42. The van der Waals surface area contributed by atoms with Gasteiger partial charge in [-0.3, -0.25) is 4.79 Å². The largest absolute Gasteiger partial charge is 0.409 e. The van der Waals surface area contributed by atoms with E-state index in [4.69, 9.17) is 9.41 Å². The second kappa shape index (κ2) is 7.73. The van der Waals surface area contributed by atoms with Crippen LogP contribution in [0.3, 0.4) is 0 Å². The highest BCUT2D eigenvalue weighted by molar-refractivity contribution is 7.15. The van der Waals surface area contributed by atoms with E-state index < -0.39 is 8.32 Å². The predicted octanol–water partition coefficient (Wildman–Crippen LogP) is 6.09. The van der Waals surface area contributed by atoms with Crippen LogP contribution in [0.15, 0.2) is 18.2 Å². The summed E-state index contributed by atoms with van der Waals surface area (Å²) in [5.41, 5.74) is 3.79. The van der Waals surface area contributed by atoms with Crippen LogP contribution in [0.1, 0.15) is 60.6 Å². The minimum atomic E-state index is -1.85. The van der Waals surface area contributed by atoms with Gasteiger partial charge in [-0.1, -0.05) is 20.8 Å². The van der Waals surface area contributed by atoms with Gasteiger partial charge in [-0.25, -0.2) is 4.98 Å². The quantitative estimate of drug-likeness (QED) is 0.437. The van der Waals surface area contributed by atoms with E-state index >= 15 is 0 Å². The van der Waals surface area contributed by atoms with Crippen LogP contribution in [0.5, 0.6) is 0 Å². The average molecular weight is 417 g/mol. The second-order valence-corrected chi connectivity index (χ2v) is 15.2. The molecule has 1 aliphatic carbocycles. The van der Waals surface area contributed by atoms with Gasteiger partial charge in [0.15, 0.2) is 14.6 Å². The average Bonchev–Trinajstić information content (AvgIpc) is 3.05. The molecule has 1 atom stereocenters. The van der Waals surface area contributed by atoms with Crippen LogP contribution in [-0.4, -0.2) is 33.7 Å². The summed E-state index contributed by atoms with van der Waals surface area (Å²) in [6.07, 6.45) is 4.23. The van der Waals surface area contributed by atoms with Crippen LogP contribution in [0.25, 0.3) is 10.6 Å². The zero-order chi connectivity index (χ0) is 20.7. The highest BCUT2D eigenvalue weighted by atomic mass is 32.1. The smallest absolute Gasteiger partial charge is 0.192 e. The topological polar surface area (TPSA) is 42.4 Å². The summed E-state index contributed by atoms with van der Waals surface area (Å²) in [7, 11) is 2.11. The summed E-state index contributed by atoms with van der Waals surface area (Å²) in [6.45, 7) is 11.5. The zero-order valence-electron chi connectivity index (χ0n) is 18.1. The maximum Gasteiger partial charge on any atom is 0.192 e. The molecule has 1 aromatic carbocycles. The molecule has 28 heavy (non-hydrogen) atoms. The molecule has 0 spiro atoms. The molecule has 0 saturated carbocycles. The van der Waals surface area contributed by atoms with Gasteiger partial charge < -0.3 is 9.33 Å². The van der Waals surface area contributed by atoms with Crippen molar-refractivity contribution in [3.8, 4) is 10.6 Å². The van der Waals surface area contributed by atoms with E-state index in [1.165, 1.54) is 4.88 Å². The molecular formula is C22H32N2O2SSi. The number of nitrogens with zero attached hydrogens (tertiary/aromatic N) is 2. The van der Waals surface area contributed by atoms with Crippen molar-refractivity contribution in [3.63, 3.8) is 0 Å². The maximum absolute atomic E-state index is 11.7. The van der Waals surface area contributed by atoms with Crippen LogP contribution in [0, 0.1) is 0 Å². The summed E-state index contributed by atoms with van der Waals surface area (Å²) >= 11 is 1.71. The highest BCUT2D eigenvalue weighted by Crippen LogP contribution is 2.45. The maximum atomic E-state index is 11.7. The first-order chi connectivity index (χ1) is 13.0. The fourth-order valence-corrected chi connectivity index (χ4v) is 5.87. The van der Waals surface area contributed by atoms with Crippen LogP contribution in [0.2, 0.25) is 18.1 Å². The Morgan fingerprint density at radius 2 is 2.00 bits per heavy atom. The summed E-state index contributed by atoms with van der Waals surface area (Å²) < 4.78 is 6.76. The summed E-state index contributed by atoms with van der Waals surface area (Å²) in [5, 5.41) is 1.12. The summed E-state index contributed by atoms with van der Waals surface area (Å²) in [6, 6.07) is 6.01. The molecule has 152 valence electrons. The van der Waals surface area contributed by atoms with Gasteiger partial charge in [0, 0.05) is 30.9 Å². The number of carbonyl (C=O) groups excluding carboxylic acids is 1. The Morgan fingerprint density at radius 1 is 1.29 bits per heavy atom. The molecule has 0 fully saturated rings. The molecule has 0 bridgehead atoms. The molecule has 6 heteroatoms. The van der Waals surface area contributed by atoms with Gasteiger partial charge in [0.1, 0.15) is 5.01 Å². The molecule has 0 radical (unpaired) electrons. The van der Waals surface area contributed by atoms with Gasteiger partial charge in [0.25, 0.3) is 0 Å². The number of benzene rings is 1. The Labute approximate surface area is 174 Å². The summed E-state index contributed by atoms with van der Waals surface area (Å²) in [5.74, 6) is 0. The standard InChI is InChI=1S/C22H32N2O2SSi/c1-22(2,3)28(6,7)26-19-10-8-9-18-20(19)27-21(23-18)17-12-11-16(24(4)5)13-15(17)14-25/h11-14,19H,8-10H2,1-7H3. The fraction of sp³-hybridized carbons (Fsp3) is 0.545. The molecule has 3 rings (SSSR count). The number of aldehydes is 1. The van der Waals surface area contributed by atoms with Crippen molar-refractivity contribution in [1.82, 2.24) is 4.98 Å². The first-order valence-corrected chi connectivity index (χ1v) is 13.7. The molecule has 2 aromatic rings. The minimum Gasteiger partial charge on any atom is -0.409 e. The van der Waals surface area contributed by atoms with Crippen molar-refractivity contribution >= 4 is 31.6 Å². The van der Waals surface area contributed by atoms with Crippen molar-refractivity contribution in [3.05, 3.63) is 34.3 Å². The Hall–Kier alpha value is -1.50. The number of aromatic nitrogens is 1. The third kappa shape index (κ3) is 4.09. The molecule has 4 nitrogen and oxygen atoms in total.